The summed E-state index contributed by atoms with van der Waals surface area (Å²) in [6, 6.07) is 8.15. The van der Waals surface area contributed by atoms with Crippen LogP contribution in [0.15, 0.2) is 30.3 Å². The Kier molecular flexibility index (Phi) is 6.36. The van der Waals surface area contributed by atoms with Gasteiger partial charge in [0.05, 0.1) is 34.0 Å². The molecule has 6 nitrogen and oxygen atoms in total. The smallest absolute Gasteiger partial charge is 0.338 e. The molecule has 0 amide bonds. The molecule has 0 aliphatic heterocycles. The molecule has 25 heavy (non-hydrogen) atoms. The molecule has 2 rings (SSSR count). The molecule has 134 valence electrons. The maximum Gasteiger partial charge on any atom is 0.338 e. The molecule has 0 saturated carbocycles. The highest BCUT2D eigenvalue weighted by molar-refractivity contribution is 6.30. The van der Waals surface area contributed by atoms with Gasteiger partial charge in [0.2, 0.25) is 5.75 Å². The summed E-state index contributed by atoms with van der Waals surface area (Å²) in [7, 11) is 5.98. The molecule has 0 unspecified atom stereocenters. The van der Waals surface area contributed by atoms with Crippen molar-refractivity contribution >= 4 is 17.6 Å². The quantitative estimate of drug-likeness (QED) is 0.696. The van der Waals surface area contributed by atoms with Gasteiger partial charge in [0, 0.05) is 10.6 Å². The van der Waals surface area contributed by atoms with Crippen molar-refractivity contribution in [2.75, 3.05) is 28.4 Å². The molecule has 0 atom stereocenters. The van der Waals surface area contributed by atoms with Crippen LogP contribution in [0.4, 0.5) is 0 Å². The minimum Gasteiger partial charge on any atom is -0.496 e. The van der Waals surface area contributed by atoms with Gasteiger partial charge in [-0.15, -0.1) is 0 Å². The fraction of sp³-hybridized carbons (Fsp3) is 0.278. The van der Waals surface area contributed by atoms with Gasteiger partial charge in [-0.3, -0.25) is 0 Å². The Morgan fingerprint density at radius 3 is 2.00 bits per heavy atom. The van der Waals surface area contributed by atoms with Crippen LogP contribution in [-0.2, 0) is 11.3 Å². The maximum atomic E-state index is 12.4. The molecule has 0 N–H and O–H groups in total. The lowest BCUT2D eigenvalue weighted by Crippen LogP contribution is -2.07. The molecular formula is C18H19ClO6. The summed E-state index contributed by atoms with van der Waals surface area (Å²) < 4.78 is 26.3. The van der Waals surface area contributed by atoms with Crippen LogP contribution in [0.25, 0.3) is 0 Å². The van der Waals surface area contributed by atoms with Crippen molar-refractivity contribution in [3.63, 3.8) is 0 Å². The van der Waals surface area contributed by atoms with E-state index in [0.29, 0.717) is 33.6 Å². The normalized spacial score (nSPS) is 10.1. The molecule has 0 aliphatic carbocycles. The van der Waals surface area contributed by atoms with Gasteiger partial charge in [-0.25, -0.2) is 4.79 Å². The van der Waals surface area contributed by atoms with Gasteiger partial charge < -0.3 is 23.7 Å². The van der Waals surface area contributed by atoms with Gasteiger partial charge in [-0.1, -0.05) is 11.6 Å². The Hall–Kier alpha value is -2.60. The molecule has 7 heteroatoms. The van der Waals surface area contributed by atoms with Crippen molar-refractivity contribution in [2.24, 2.45) is 0 Å². The summed E-state index contributed by atoms with van der Waals surface area (Å²) in [5.74, 6) is 1.18. The van der Waals surface area contributed by atoms with Crippen LogP contribution in [0, 0.1) is 0 Å². The van der Waals surface area contributed by atoms with Crippen molar-refractivity contribution < 1.29 is 28.5 Å². The first kappa shape index (κ1) is 18.7. The van der Waals surface area contributed by atoms with E-state index in [1.165, 1.54) is 40.6 Å². The van der Waals surface area contributed by atoms with E-state index in [1.54, 1.807) is 18.2 Å². The number of carbonyl (C=O) groups is 1. The monoisotopic (exact) mass is 366 g/mol. The summed E-state index contributed by atoms with van der Waals surface area (Å²) in [5, 5.41) is 0.527. The van der Waals surface area contributed by atoms with Crippen LogP contribution in [0.1, 0.15) is 15.9 Å². The third-order valence-electron chi connectivity index (χ3n) is 3.50. The van der Waals surface area contributed by atoms with E-state index in [1.807, 2.05) is 0 Å². The molecule has 0 bridgehead atoms. The number of halogens is 1. The average Bonchev–Trinajstić information content (AvgIpc) is 2.64. The Balaban J connectivity index is 2.23. The molecular weight excluding hydrogens is 348 g/mol. The van der Waals surface area contributed by atoms with E-state index >= 15 is 0 Å². The van der Waals surface area contributed by atoms with Gasteiger partial charge in [0.15, 0.2) is 11.5 Å². The highest BCUT2D eigenvalue weighted by atomic mass is 35.5. The summed E-state index contributed by atoms with van der Waals surface area (Å²) in [6.07, 6.45) is 0. The summed E-state index contributed by atoms with van der Waals surface area (Å²) in [5.41, 5.74) is 0.936. The second-order valence-corrected chi connectivity index (χ2v) is 5.38. The fourth-order valence-corrected chi connectivity index (χ4v) is 2.48. The second kappa shape index (κ2) is 8.48. The highest BCUT2D eigenvalue weighted by Crippen LogP contribution is 2.38. The third-order valence-corrected chi connectivity index (χ3v) is 3.74. The number of esters is 1. The zero-order chi connectivity index (χ0) is 18.4. The summed E-state index contributed by atoms with van der Waals surface area (Å²) >= 11 is 5.98. The Morgan fingerprint density at radius 2 is 1.48 bits per heavy atom. The maximum absolute atomic E-state index is 12.4. The zero-order valence-electron chi connectivity index (χ0n) is 14.4. The summed E-state index contributed by atoms with van der Waals surface area (Å²) in [6.45, 7) is 0.0131. The lowest BCUT2D eigenvalue weighted by atomic mass is 10.1. The SMILES string of the molecule is COc1ccc(Cl)cc1COC(=O)c1cc(OC)c(OC)c(OC)c1. The number of hydrogen-bond donors (Lipinski definition) is 0. The van der Waals surface area contributed by atoms with E-state index < -0.39 is 5.97 Å². The zero-order valence-corrected chi connectivity index (χ0v) is 15.2. The number of carbonyl (C=O) groups excluding carboxylic acids is 1. The Morgan fingerprint density at radius 1 is 0.880 bits per heavy atom. The fourth-order valence-electron chi connectivity index (χ4n) is 2.29. The van der Waals surface area contributed by atoms with Gasteiger partial charge in [-0.05, 0) is 30.3 Å². The molecule has 0 aromatic heterocycles. The molecule has 0 saturated heterocycles. The van der Waals surface area contributed by atoms with Crippen molar-refractivity contribution in [2.45, 2.75) is 6.61 Å². The van der Waals surface area contributed by atoms with Crippen LogP contribution < -0.4 is 18.9 Å². The topological polar surface area (TPSA) is 63.2 Å². The number of methoxy groups -OCH3 is 4. The average molecular weight is 367 g/mol. The summed E-state index contributed by atoms with van der Waals surface area (Å²) in [4.78, 5) is 12.4. The predicted octanol–water partition coefficient (Wildman–Crippen LogP) is 3.73. The van der Waals surface area contributed by atoms with E-state index in [4.69, 9.17) is 35.3 Å². The van der Waals surface area contributed by atoms with Crippen LogP contribution in [-0.4, -0.2) is 34.4 Å². The minimum absolute atomic E-state index is 0.0131. The first-order valence-corrected chi connectivity index (χ1v) is 7.71. The minimum atomic E-state index is -0.540. The lowest BCUT2D eigenvalue weighted by Gasteiger charge is -2.14. The first-order valence-electron chi connectivity index (χ1n) is 7.33. The molecule has 0 fully saturated rings. The highest BCUT2D eigenvalue weighted by Gasteiger charge is 2.18. The van der Waals surface area contributed by atoms with Crippen LogP contribution in [0.3, 0.4) is 0 Å². The van der Waals surface area contributed by atoms with Gasteiger partial charge in [0.25, 0.3) is 0 Å². The van der Waals surface area contributed by atoms with Crippen molar-refractivity contribution in [1.29, 1.82) is 0 Å². The molecule has 2 aromatic carbocycles. The molecule has 2 aromatic rings. The molecule has 0 radical (unpaired) electrons. The Labute approximate surface area is 151 Å². The van der Waals surface area contributed by atoms with Crippen LogP contribution >= 0.6 is 11.6 Å². The van der Waals surface area contributed by atoms with Crippen molar-refractivity contribution in [3.8, 4) is 23.0 Å². The first-order chi connectivity index (χ1) is 12.0. The van der Waals surface area contributed by atoms with Gasteiger partial charge >= 0.3 is 5.97 Å². The number of ether oxygens (including phenoxy) is 5. The number of rotatable bonds is 7. The standard InChI is InChI=1S/C18H19ClO6/c1-21-14-6-5-13(19)7-12(14)10-25-18(20)11-8-15(22-2)17(24-4)16(9-11)23-3/h5-9H,10H2,1-4H3. The van der Waals surface area contributed by atoms with E-state index in [9.17, 15) is 4.79 Å². The van der Waals surface area contributed by atoms with E-state index in [-0.39, 0.29) is 12.2 Å². The molecule has 0 aliphatic rings. The second-order valence-electron chi connectivity index (χ2n) is 4.95. The number of hydrogen-bond acceptors (Lipinski definition) is 6. The van der Waals surface area contributed by atoms with E-state index in [2.05, 4.69) is 0 Å². The van der Waals surface area contributed by atoms with Crippen LogP contribution in [0.5, 0.6) is 23.0 Å². The van der Waals surface area contributed by atoms with Gasteiger partial charge in [0.1, 0.15) is 12.4 Å². The lowest BCUT2D eigenvalue weighted by molar-refractivity contribution is 0.0469. The number of benzene rings is 2. The molecule has 0 heterocycles. The van der Waals surface area contributed by atoms with E-state index in [0.717, 1.165) is 0 Å². The van der Waals surface area contributed by atoms with Crippen molar-refractivity contribution in [3.05, 3.63) is 46.5 Å². The third kappa shape index (κ3) is 4.28. The van der Waals surface area contributed by atoms with Gasteiger partial charge in [-0.2, -0.15) is 0 Å². The Bertz CT molecular complexity index is 734. The molecule has 0 spiro atoms. The van der Waals surface area contributed by atoms with Crippen LogP contribution in [0.2, 0.25) is 5.02 Å². The van der Waals surface area contributed by atoms with Crippen molar-refractivity contribution in [1.82, 2.24) is 0 Å². The largest absolute Gasteiger partial charge is 0.496 e. The predicted molar refractivity (Wildman–Crippen MR) is 93.2 cm³/mol.